The number of hydrogen-bond donors (Lipinski definition) is 0. The summed E-state index contributed by atoms with van der Waals surface area (Å²) < 4.78 is 5.38. The molecule has 0 aliphatic carbocycles. The van der Waals surface area contributed by atoms with Crippen LogP contribution in [0.1, 0.15) is 29.2 Å². The predicted octanol–water partition coefficient (Wildman–Crippen LogP) is 4.79. The second-order valence-corrected chi connectivity index (χ2v) is 5.86. The van der Waals surface area contributed by atoms with Crippen LogP contribution in [0.5, 0.6) is 5.75 Å². The molecule has 0 N–H and O–H groups in total. The monoisotopic (exact) mass is 316 g/mol. The fourth-order valence-corrected chi connectivity index (χ4v) is 2.78. The summed E-state index contributed by atoms with van der Waals surface area (Å²) in [6.45, 7) is 1.43. The van der Waals surface area contributed by atoms with E-state index in [0.29, 0.717) is 5.75 Å². The Kier molecular flexibility index (Phi) is 5.07. The number of esters is 1. The third-order valence-corrected chi connectivity index (χ3v) is 3.87. The van der Waals surface area contributed by atoms with E-state index in [0.717, 1.165) is 18.4 Å². The highest BCUT2D eigenvalue weighted by Crippen LogP contribution is 2.25. The van der Waals surface area contributed by atoms with Gasteiger partial charge in [-0.05, 0) is 34.7 Å². The lowest BCUT2D eigenvalue weighted by molar-refractivity contribution is -0.131. The highest BCUT2D eigenvalue weighted by Gasteiger charge is 2.09. The number of rotatable bonds is 5. The molecule has 0 unspecified atom stereocenters. The van der Waals surface area contributed by atoms with Gasteiger partial charge < -0.3 is 4.74 Å². The van der Waals surface area contributed by atoms with Crippen LogP contribution in [0, 0.1) is 0 Å². The maximum Gasteiger partial charge on any atom is 0.308 e. The standard InChI is InChI=1S/C22H20O2/c1-17(23)24-22-13-12-20(14-18-8-4-2-5-9-18)16-21(22)15-19-10-6-3-7-11-19/h2-13,16H,14-15H2,1H3. The molecule has 0 bridgehead atoms. The summed E-state index contributed by atoms with van der Waals surface area (Å²) in [5.74, 6) is 0.350. The van der Waals surface area contributed by atoms with Crippen LogP contribution >= 0.6 is 0 Å². The van der Waals surface area contributed by atoms with E-state index in [4.69, 9.17) is 4.74 Å². The van der Waals surface area contributed by atoms with E-state index in [9.17, 15) is 4.79 Å². The van der Waals surface area contributed by atoms with Gasteiger partial charge in [-0.15, -0.1) is 0 Å². The van der Waals surface area contributed by atoms with Gasteiger partial charge in [-0.2, -0.15) is 0 Å². The molecule has 3 rings (SSSR count). The molecule has 2 nitrogen and oxygen atoms in total. The molecule has 0 saturated heterocycles. The molecule has 120 valence electrons. The quantitative estimate of drug-likeness (QED) is 0.499. The van der Waals surface area contributed by atoms with Crippen molar-refractivity contribution in [3.05, 3.63) is 101 Å². The largest absolute Gasteiger partial charge is 0.426 e. The van der Waals surface area contributed by atoms with E-state index in [1.54, 1.807) is 0 Å². The third kappa shape index (κ3) is 4.32. The Morgan fingerprint density at radius 1 is 0.750 bits per heavy atom. The van der Waals surface area contributed by atoms with Gasteiger partial charge in [-0.3, -0.25) is 4.79 Å². The number of carbonyl (C=O) groups excluding carboxylic acids is 1. The maximum atomic E-state index is 11.4. The van der Waals surface area contributed by atoms with Gasteiger partial charge in [0.05, 0.1) is 0 Å². The van der Waals surface area contributed by atoms with Crippen molar-refractivity contribution in [2.24, 2.45) is 0 Å². The summed E-state index contributed by atoms with van der Waals surface area (Å²) >= 11 is 0. The van der Waals surface area contributed by atoms with E-state index >= 15 is 0 Å². The lowest BCUT2D eigenvalue weighted by Gasteiger charge is -2.12. The van der Waals surface area contributed by atoms with Crippen LogP contribution in [0.4, 0.5) is 0 Å². The summed E-state index contributed by atoms with van der Waals surface area (Å²) in [6, 6.07) is 26.6. The Morgan fingerprint density at radius 2 is 1.33 bits per heavy atom. The Hall–Kier alpha value is -2.87. The second kappa shape index (κ2) is 7.60. The molecular formula is C22H20O2. The van der Waals surface area contributed by atoms with Gasteiger partial charge in [-0.1, -0.05) is 72.8 Å². The zero-order chi connectivity index (χ0) is 16.8. The topological polar surface area (TPSA) is 26.3 Å². The molecule has 2 heteroatoms. The predicted molar refractivity (Wildman–Crippen MR) is 96.2 cm³/mol. The molecule has 3 aromatic carbocycles. The van der Waals surface area contributed by atoms with Gasteiger partial charge in [0, 0.05) is 13.3 Å². The highest BCUT2D eigenvalue weighted by atomic mass is 16.5. The first-order valence-corrected chi connectivity index (χ1v) is 8.09. The zero-order valence-corrected chi connectivity index (χ0v) is 13.7. The van der Waals surface area contributed by atoms with E-state index in [-0.39, 0.29) is 5.97 Å². The molecule has 0 fully saturated rings. The van der Waals surface area contributed by atoms with Crippen molar-refractivity contribution in [2.75, 3.05) is 0 Å². The average Bonchev–Trinajstić information content (AvgIpc) is 2.59. The van der Waals surface area contributed by atoms with Crippen molar-refractivity contribution < 1.29 is 9.53 Å². The van der Waals surface area contributed by atoms with E-state index in [1.165, 1.54) is 23.6 Å². The minimum atomic E-state index is -0.292. The normalized spacial score (nSPS) is 10.4. The Labute approximate surface area is 142 Å². The smallest absolute Gasteiger partial charge is 0.308 e. The average molecular weight is 316 g/mol. The second-order valence-electron chi connectivity index (χ2n) is 5.86. The maximum absolute atomic E-state index is 11.4. The van der Waals surface area contributed by atoms with Crippen molar-refractivity contribution in [3.63, 3.8) is 0 Å². The Morgan fingerprint density at radius 3 is 1.92 bits per heavy atom. The SMILES string of the molecule is CC(=O)Oc1ccc(Cc2ccccc2)cc1Cc1ccccc1. The van der Waals surface area contributed by atoms with Gasteiger partial charge in [0.2, 0.25) is 0 Å². The van der Waals surface area contributed by atoms with Crippen LogP contribution < -0.4 is 4.74 Å². The van der Waals surface area contributed by atoms with Gasteiger partial charge in [0.25, 0.3) is 0 Å². The first-order valence-electron chi connectivity index (χ1n) is 8.09. The fraction of sp³-hybridized carbons (Fsp3) is 0.136. The molecule has 24 heavy (non-hydrogen) atoms. The Balaban J connectivity index is 1.89. The van der Waals surface area contributed by atoms with Gasteiger partial charge >= 0.3 is 5.97 Å². The number of carbonyl (C=O) groups is 1. The van der Waals surface area contributed by atoms with Crippen LogP contribution in [-0.4, -0.2) is 5.97 Å². The number of ether oxygens (including phenoxy) is 1. The number of benzene rings is 3. The van der Waals surface area contributed by atoms with Gasteiger partial charge in [0.1, 0.15) is 5.75 Å². The molecule has 0 aliphatic rings. The van der Waals surface area contributed by atoms with Crippen molar-refractivity contribution in [1.29, 1.82) is 0 Å². The lowest BCUT2D eigenvalue weighted by Crippen LogP contribution is -2.05. The van der Waals surface area contributed by atoms with E-state index in [2.05, 4.69) is 30.3 Å². The van der Waals surface area contributed by atoms with Crippen molar-refractivity contribution in [1.82, 2.24) is 0 Å². The molecule has 0 amide bonds. The van der Waals surface area contributed by atoms with Crippen LogP contribution in [0.2, 0.25) is 0 Å². The van der Waals surface area contributed by atoms with Crippen molar-refractivity contribution in [3.8, 4) is 5.75 Å². The first kappa shape index (κ1) is 16.0. The summed E-state index contributed by atoms with van der Waals surface area (Å²) in [5, 5.41) is 0. The highest BCUT2D eigenvalue weighted by molar-refractivity contribution is 5.70. The molecule has 0 aliphatic heterocycles. The minimum absolute atomic E-state index is 0.292. The Bertz CT molecular complexity index is 808. The van der Waals surface area contributed by atoms with Crippen LogP contribution in [0.25, 0.3) is 0 Å². The van der Waals surface area contributed by atoms with Crippen molar-refractivity contribution in [2.45, 2.75) is 19.8 Å². The fourth-order valence-electron chi connectivity index (χ4n) is 2.78. The van der Waals surface area contributed by atoms with E-state index in [1.807, 2.05) is 48.5 Å². The summed E-state index contributed by atoms with van der Waals surface area (Å²) in [7, 11) is 0. The molecule has 0 saturated carbocycles. The number of hydrogen-bond acceptors (Lipinski definition) is 2. The summed E-state index contributed by atoms with van der Waals surface area (Å²) in [4.78, 5) is 11.4. The first-order chi connectivity index (χ1) is 11.7. The minimum Gasteiger partial charge on any atom is -0.426 e. The molecule has 0 heterocycles. The van der Waals surface area contributed by atoms with E-state index < -0.39 is 0 Å². The van der Waals surface area contributed by atoms with Crippen LogP contribution in [-0.2, 0) is 17.6 Å². The molecule has 0 atom stereocenters. The molecular weight excluding hydrogens is 296 g/mol. The lowest BCUT2D eigenvalue weighted by atomic mass is 9.98. The summed E-state index contributed by atoms with van der Waals surface area (Å²) in [6.07, 6.45) is 1.61. The van der Waals surface area contributed by atoms with Gasteiger partial charge in [0.15, 0.2) is 0 Å². The molecule has 3 aromatic rings. The zero-order valence-electron chi connectivity index (χ0n) is 13.7. The van der Waals surface area contributed by atoms with Crippen LogP contribution in [0.15, 0.2) is 78.9 Å². The molecule has 0 aromatic heterocycles. The summed E-state index contributed by atoms with van der Waals surface area (Å²) in [5.41, 5.74) is 4.71. The molecule has 0 spiro atoms. The van der Waals surface area contributed by atoms with Crippen molar-refractivity contribution >= 4 is 5.97 Å². The molecule has 0 radical (unpaired) electrons. The van der Waals surface area contributed by atoms with Crippen LogP contribution in [0.3, 0.4) is 0 Å². The third-order valence-electron chi connectivity index (χ3n) is 3.87. The van der Waals surface area contributed by atoms with Gasteiger partial charge in [-0.25, -0.2) is 0 Å².